The van der Waals surface area contributed by atoms with Gasteiger partial charge in [0, 0.05) is 12.5 Å². The maximum absolute atomic E-state index is 13.1. The number of benzene rings is 1. The summed E-state index contributed by atoms with van der Waals surface area (Å²) in [6, 6.07) is 4.80. The van der Waals surface area contributed by atoms with Crippen LogP contribution in [0.4, 0.5) is 4.39 Å². The lowest BCUT2D eigenvalue weighted by Gasteiger charge is -2.11. The Balaban J connectivity index is 2.71. The Hall–Kier alpha value is -1.33. The Morgan fingerprint density at radius 2 is 2.13 bits per heavy atom. The average Bonchev–Trinajstić information content (AvgIpc) is 2.16. The summed E-state index contributed by atoms with van der Waals surface area (Å²) in [7, 11) is 0. The Labute approximate surface area is 90.5 Å². The molecule has 1 aromatic rings. The van der Waals surface area contributed by atoms with Crippen LogP contribution in [0, 0.1) is 24.6 Å². The molecule has 0 aliphatic carbocycles. The fourth-order valence-corrected chi connectivity index (χ4v) is 1.50. The lowest BCUT2D eigenvalue weighted by Crippen LogP contribution is -2.10. The Morgan fingerprint density at radius 1 is 1.40 bits per heavy atom. The maximum Gasteiger partial charge on any atom is 0.123 e. The minimum atomic E-state index is -0.220. The minimum Gasteiger partial charge on any atom is -0.324 e. The van der Waals surface area contributed by atoms with Gasteiger partial charge in [0.2, 0.25) is 0 Å². The second-order valence-electron chi connectivity index (χ2n) is 3.63. The summed E-state index contributed by atoms with van der Waals surface area (Å²) in [5, 5.41) is 0. The molecule has 15 heavy (non-hydrogen) atoms. The second kappa shape index (κ2) is 5.53. The van der Waals surface area contributed by atoms with E-state index in [1.54, 1.807) is 6.92 Å². The van der Waals surface area contributed by atoms with Crippen molar-refractivity contribution in [2.75, 3.05) is 0 Å². The van der Waals surface area contributed by atoms with Gasteiger partial charge in [-0.3, -0.25) is 0 Å². The molecule has 0 aliphatic rings. The highest BCUT2D eigenvalue weighted by Gasteiger charge is 2.06. The van der Waals surface area contributed by atoms with Crippen molar-refractivity contribution >= 4 is 0 Å². The van der Waals surface area contributed by atoms with Gasteiger partial charge in [0.15, 0.2) is 0 Å². The molecule has 0 saturated heterocycles. The van der Waals surface area contributed by atoms with Crippen LogP contribution in [0.25, 0.3) is 0 Å². The van der Waals surface area contributed by atoms with Crippen molar-refractivity contribution in [2.24, 2.45) is 5.73 Å². The van der Waals surface area contributed by atoms with Crippen molar-refractivity contribution in [1.82, 2.24) is 0 Å². The molecule has 0 spiro atoms. The minimum absolute atomic E-state index is 0.125. The monoisotopic (exact) mass is 205 g/mol. The van der Waals surface area contributed by atoms with Crippen LogP contribution in [0.2, 0.25) is 0 Å². The molecule has 80 valence electrons. The standard InChI is InChI=1S/C13H16FN/c1-3-4-5-6-13(15)11-7-10(2)8-12(14)9-11/h7-9,13H,5-6,15H2,1-2H3. The van der Waals surface area contributed by atoms with E-state index in [0.29, 0.717) is 0 Å². The van der Waals surface area contributed by atoms with E-state index in [1.165, 1.54) is 12.1 Å². The molecule has 1 rings (SSSR count). The molecule has 1 unspecified atom stereocenters. The van der Waals surface area contributed by atoms with Crippen LogP contribution < -0.4 is 5.73 Å². The zero-order valence-electron chi connectivity index (χ0n) is 9.18. The normalized spacial score (nSPS) is 11.7. The van der Waals surface area contributed by atoms with Crippen LogP contribution >= 0.6 is 0 Å². The van der Waals surface area contributed by atoms with E-state index in [2.05, 4.69) is 11.8 Å². The van der Waals surface area contributed by atoms with Gasteiger partial charge < -0.3 is 5.73 Å². The van der Waals surface area contributed by atoms with Gasteiger partial charge in [-0.25, -0.2) is 4.39 Å². The van der Waals surface area contributed by atoms with E-state index in [9.17, 15) is 4.39 Å². The Kier molecular flexibility index (Phi) is 4.33. The third kappa shape index (κ3) is 3.73. The zero-order chi connectivity index (χ0) is 11.3. The largest absolute Gasteiger partial charge is 0.324 e. The molecule has 1 aromatic carbocycles. The van der Waals surface area contributed by atoms with Gasteiger partial charge in [-0.15, -0.1) is 11.8 Å². The predicted molar refractivity (Wildman–Crippen MR) is 60.7 cm³/mol. The van der Waals surface area contributed by atoms with Crippen LogP contribution in [0.1, 0.15) is 36.9 Å². The van der Waals surface area contributed by atoms with E-state index in [0.717, 1.165) is 24.0 Å². The molecule has 0 aromatic heterocycles. The molecule has 2 heteroatoms. The van der Waals surface area contributed by atoms with E-state index < -0.39 is 0 Å². The smallest absolute Gasteiger partial charge is 0.123 e. The summed E-state index contributed by atoms with van der Waals surface area (Å²) in [6.07, 6.45) is 1.52. The molecule has 0 amide bonds. The Morgan fingerprint density at radius 3 is 2.73 bits per heavy atom. The molecule has 0 saturated carbocycles. The van der Waals surface area contributed by atoms with Crippen molar-refractivity contribution in [2.45, 2.75) is 32.7 Å². The first-order valence-electron chi connectivity index (χ1n) is 5.05. The van der Waals surface area contributed by atoms with Gasteiger partial charge in [-0.05, 0) is 43.5 Å². The number of aryl methyl sites for hydroxylation is 1. The van der Waals surface area contributed by atoms with Crippen molar-refractivity contribution in [3.05, 3.63) is 35.1 Å². The van der Waals surface area contributed by atoms with Crippen LogP contribution in [0.5, 0.6) is 0 Å². The number of nitrogens with two attached hydrogens (primary N) is 1. The first kappa shape index (κ1) is 11.7. The van der Waals surface area contributed by atoms with Gasteiger partial charge in [-0.1, -0.05) is 6.07 Å². The first-order valence-corrected chi connectivity index (χ1v) is 5.05. The lowest BCUT2D eigenvalue weighted by molar-refractivity contribution is 0.611. The number of rotatable bonds is 3. The highest BCUT2D eigenvalue weighted by Crippen LogP contribution is 2.18. The van der Waals surface area contributed by atoms with E-state index in [-0.39, 0.29) is 11.9 Å². The summed E-state index contributed by atoms with van der Waals surface area (Å²) in [5.41, 5.74) is 7.70. The molecule has 0 heterocycles. The molecule has 2 N–H and O–H groups in total. The van der Waals surface area contributed by atoms with Crippen molar-refractivity contribution in [3.8, 4) is 11.8 Å². The van der Waals surface area contributed by atoms with Gasteiger partial charge in [0.05, 0.1) is 0 Å². The SMILES string of the molecule is CC#CCCC(N)c1cc(C)cc(F)c1. The van der Waals surface area contributed by atoms with Crippen LogP contribution in [0.15, 0.2) is 18.2 Å². The van der Waals surface area contributed by atoms with E-state index in [1.807, 2.05) is 13.0 Å². The van der Waals surface area contributed by atoms with Crippen molar-refractivity contribution in [3.63, 3.8) is 0 Å². The maximum atomic E-state index is 13.1. The first-order chi connectivity index (χ1) is 7.13. The fourth-order valence-electron chi connectivity index (χ4n) is 1.50. The molecule has 0 aliphatic heterocycles. The van der Waals surface area contributed by atoms with Gasteiger partial charge >= 0.3 is 0 Å². The second-order valence-corrected chi connectivity index (χ2v) is 3.63. The highest BCUT2D eigenvalue weighted by molar-refractivity contribution is 5.26. The zero-order valence-corrected chi connectivity index (χ0v) is 9.18. The summed E-state index contributed by atoms with van der Waals surface area (Å²) in [6.45, 7) is 3.67. The van der Waals surface area contributed by atoms with Crippen LogP contribution in [-0.4, -0.2) is 0 Å². The molecular formula is C13H16FN. The van der Waals surface area contributed by atoms with Crippen molar-refractivity contribution in [1.29, 1.82) is 0 Å². The van der Waals surface area contributed by atoms with Crippen molar-refractivity contribution < 1.29 is 4.39 Å². The number of hydrogen-bond donors (Lipinski definition) is 1. The lowest BCUT2D eigenvalue weighted by atomic mass is 10.0. The van der Waals surface area contributed by atoms with Crippen LogP contribution in [0.3, 0.4) is 0 Å². The quantitative estimate of drug-likeness (QED) is 0.754. The third-order valence-corrected chi connectivity index (χ3v) is 2.25. The summed E-state index contributed by atoms with van der Waals surface area (Å²) < 4.78 is 13.1. The summed E-state index contributed by atoms with van der Waals surface area (Å²) >= 11 is 0. The van der Waals surface area contributed by atoms with Gasteiger partial charge in [-0.2, -0.15) is 0 Å². The Bertz CT molecular complexity index is 367. The molecule has 0 bridgehead atoms. The fraction of sp³-hybridized carbons (Fsp3) is 0.385. The highest BCUT2D eigenvalue weighted by atomic mass is 19.1. The molecule has 1 nitrogen and oxygen atoms in total. The number of halogens is 1. The average molecular weight is 205 g/mol. The molecular weight excluding hydrogens is 189 g/mol. The predicted octanol–water partition coefficient (Wildman–Crippen LogP) is 2.94. The molecule has 1 atom stereocenters. The third-order valence-electron chi connectivity index (χ3n) is 2.25. The molecule has 0 fully saturated rings. The van der Waals surface area contributed by atoms with Gasteiger partial charge in [0.25, 0.3) is 0 Å². The van der Waals surface area contributed by atoms with Crippen LogP contribution in [-0.2, 0) is 0 Å². The van der Waals surface area contributed by atoms with E-state index in [4.69, 9.17) is 5.73 Å². The summed E-state index contributed by atoms with van der Waals surface area (Å²) in [5.74, 6) is 5.55. The molecule has 0 radical (unpaired) electrons. The van der Waals surface area contributed by atoms with Gasteiger partial charge in [0.1, 0.15) is 5.82 Å². The topological polar surface area (TPSA) is 26.0 Å². The number of hydrogen-bond acceptors (Lipinski definition) is 1. The van der Waals surface area contributed by atoms with E-state index >= 15 is 0 Å². The summed E-state index contributed by atoms with van der Waals surface area (Å²) in [4.78, 5) is 0.